The summed E-state index contributed by atoms with van der Waals surface area (Å²) in [5.74, 6) is 0. The lowest BCUT2D eigenvalue weighted by Gasteiger charge is -2.09. The van der Waals surface area contributed by atoms with Crippen LogP contribution in [0.3, 0.4) is 0 Å². The number of hydrogen-bond acceptors (Lipinski definition) is 5. The zero-order valence-corrected chi connectivity index (χ0v) is 12.3. The molecule has 0 aromatic carbocycles. The summed E-state index contributed by atoms with van der Waals surface area (Å²) in [7, 11) is -3.45. The molecule has 0 aliphatic rings. The monoisotopic (exact) mass is 292 g/mol. The third-order valence-corrected chi connectivity index (χ3v) is 4.82. The molecule has 1 aromatic rings. The fourth-order valence-electron chi connectivity index (χ4n) is 1.25. The molecule has 1 heterocycles. The second-order valence-corrected chi connectivity index (χ2v) is 7.02. The Balaban J connectivity index is 2.64. The highest BCUT2D eigenvalue weighted by Gasteiger charge is 2.16. The zero-order valence-electron chi connectivity index (χ0n) is 10.7. The van der Waals surface area contributed by atoms with Gasteiger partial charge in [0.05, 0.1) is 6.20 Å². The van der Waals surface area contributed by atoms with Gasteiger partial charge in [0, 0.05) is 24.5 Å². The number of nitrogens with one attached hydrogen (secondary N) is 1. The van der Waals surface area contributed by atoms with Gasteiger partial charge in [0.25, 0.3) is 0 Å². The van der Waals surface area contributed by atoms with Gasteiger partial charge in [0.1, 0.15) is 4.90 Å². The van der Waals surface area contributed by atoms with Crippen LogP contribution >= 0.6 is 11.8 Å². The quantitative estimate of drug-likeness (QED) is 0.717. The van der Waals surface area contributed by atoms with E-state index in [9.17, 15) is 8.42 Å². The molecule has 0 spiro atoms. The molecule has 0 bridgehead atoms. The minimum Gasteiger partial charge on any atom is -0.330 e. The summed E-state index contributed by atoms with van der Waals surface area (Å²) in [5, 5.41) is 4.25. The van der Waals surface area contributed by atoms with Crippen LogP contribution in [-0.2, 0) is 16.6 Å². The van der Waals surface area contributed by atoms with E-state index >= 15 is 0 Å². The predicted molar refractivity (Wildman–Crippen MR) is 74.1 cm³/mol. The number of aryl methyl sites for hydroxylation is 1. The number of nitrogens with two attached hydrogens (primary N) is 1. The lowest BCUT2D eigenvalue weighted by molar-refractivity contribution is 0.576. The fraction of sp³-hybridized carbons (Fsp3) is 0.700. The van der Waals surface area contributed by atoms with E-state index in [4.69, 9.17) is 5.73 Å². The molecule has 0 aliphatic carbocycles. The van der Waals surface area contributed by atoms with Gasteiger partial charge in [-0.05, 0) is 19.2 Å². The first-order valence-electron chi connectivity index (χ1n) is 5.74. The summed E-state index contributed by atoms with van der Waals surface area (Å²) in [6, 6.07) is 0. The Hall–Kier alpha value is -0.570. The van der Waals surface area contributed by atoms with Crippen molar-refractivity contribution in [2.75, 3.05) is 19.3 Å². The highest BCUT2D eigenvalue weighted by molar-refractivity contribution is 7.99. The molecule has 1 aromatic heterocycles. The van der Waals surface area contributed by atoms with E-state index < -0.39 is 10.0 Å². The summed E-state index contributed by atoms with van der Waals surface area (Å²) in [5.41, 5.74) is 5.39. The number of thioether (sulfide) groups is 1. The summed E-state index contributed by atoms with van der Waals surface area (Å²) in [4.78, 5) is 0.202. The molecule has 1 rings (SSSR count). The molecule has 3 N–H and O–H groups in total. The van der Waals surface area contributed by atoms with Gasteiger partial charge in [0.2, 0.25) is 10.0 Å². The van der Waals surface area contributed by atoms with Crippen molar-refractivity contribution in [3.8, 4) is 0 Å². The smallest absolute Gasteiger partial charge is 0.243 e. The maximum Gasteiger partial charge on any atom is 0.243 e. The Morgan fingerprint density at radius 3 is 2.94 bits per heavy atom. The van der Waals surface area contributed by atoms with Gasteiger partial charge < -0.3 is 5.73 Å². The van der Waals surface area contributed by atoms with E-state index in [1.54, 1.807) is 16.4 Å². The zero-order chi connectivity index (χ0) is 13.6. The van der Waals surface area contributed by atoms with Crippen molar-refractivity contribution >= 4 is 21.8 Å². The molecular weight excluding hydrogens is 272 g/mol. The average Bonchev–Trinajstić information content (AvgIpc) is 2.83. The molecule has 1 atom stereocenters. The third kappa shape index (κ3) is 4.60. The largest absolute Gasteiger partial charge is 0.330 e. The van der Waals surface area contributed by atoms with E-state index in [0.717, 1.165) is 6.42 Å². The molecule has 104 valence electrons. The lowest BCUT2D eigenvalue weighted by atomic mass is 10.4. The Bertz CT molecular complexity index is 458. The molecule has 0 radical (unpaired) electrons. The maximum atomic E-state index is 11.9. The van der Waals surface area contributed by atoms with Crippen LogP contribution in [0.25, 0.3) is 0 Å². The van der Waals surface area contributed by atoms with Gasteiger partial charge in [-0.1, -0.05) is 6.92 Å². The molecule has 0 saturated heterocycles. The Kier molecular flexibility index (Phi) is 6.13. The van der Waals surface area contributed by atoms with Crippen LogP contribution in [0.15, 0.2) is 17.3 Å². The van der Waals surface area contributed by atoms with Crippen LogP contribution in [0, 0.1) is 0 Å². The van der Waals surface area contributed by atoms with Crippen LogP contribution < -0.4 is 10.5 Å². The third-order valence-electron chi connectivity index (χ3n) is 2.47. The first kappa shape index (κ1) is 15.5. The van der Waals surface area contributed by atoms with Gasteiger partial charge in [-0.3, -0.25) is 4.68 Å². The normalized spacial score (nSPS) is 13.7. The molecule has 6 nitrogen and oxygen atoms in total. The second kappa shape index (κ2) is 7.13. The van der Waals surface area contributed by atoms with Crippen LogP contribution in [0.4, 0.5) is 0 Å². The topological polar surface area (TPSA) is 90.0 Å². The average molecular weight is 292 g/mol. The van der Waals surface area contributed by atoms with Crippen molar-refractivity contribution in [2.45, 2.75) is 30.0 Å². The molecule has 0 amide bonds. The molecule has 1 unspecified atom stereocenters. The fourth-order valence-corrected chi connectivity index (χ4v) is 2.69. The Labute approximate surface area is 112 Å². The molecule has 0 aliphatic heterocycles. The first-order valence-corrected chi connectivity index (χ1v) is 8.51. The van der Waals surface area contributed by atoms with Crippen molar-refractivity contribution in [3.05, 3.63) is 12.4 Å². The van der Waals surface area contributed by atoms with Gasteiger partial charge in [-0.25, -0.2) is 13.1 Å². The molecule has 18 heavy (non-hydrogen) atoms. The molecule has 8 heteroatoms. The standard InChI is InChI=1S/C10H20N4O2S2/c1-9(17-2)6-13-18(15,16)10-7-12-14(8-10)5-3-4-11/h7-9,13H,3-6,11H2,1-2H3. The van der Waals surface area contributed by atoms with E-state index in [-0.39, 0.29) is 10.1 Å². The molecular formula is C10H20N4O2S2. The van der Waals surface area contributed by atoms with Crippen molar-refractivity contribution < 1.29 is 8.42 Å². The number of rotatable bonds is 8. The highest BCUT2D eigenvalue weighted by atomic mass is 32.2. The number of nitrogens with zero attached hydrogens (tertiary/aromatic N) is 2. The van der Waals surface area contributed by atoms with Crippen LogP contribution in [0.1, 0.15) is 13.3 Å². The van der Waals surface area contributed by atoms with Crippen molar-refractivity contribution in [3.63, 3.8) is 0 Å². The molecule has 0 fully saturated rings. The Morgan fingerprint density at radius 1 is 1.61 bits per heavy atom. The van der Waals surface area contributed by atoms with E-state index in [1.807, 2.05) is 13.2 Å². The number of aromatic nitrogens is 2. The summed E-state index contributed by atoms with van der Waals surface area (Å²) in [6.45, 7) is 3.58. The summed E-state index contributed by atoms with van der Waals surface area (Å²) >= 11 is 1.62. The number of hydrogen-bond donors (Lipinski definition) is 2. The van der Waals surface area contributed by atoms with Crippen LogP contribution in [0.5, 0.6) is 0 Å². The second-order valence-electron chi connectivity index (χ2n) is 3.98. The van der Waals surface area contributed by atoms with E-state index in [2.05, 4.69) is 9.82 Å². The van der Waals surface area contributed by atoms with Crippen molar-refractivity contribution in [1.82, 2.24) is 14.5 Å². The minimum atomic E-state index is -3.45. The summed E-state index contributed by atoms with van der Waals surface area (Å²) in [6.07, 6.45) is 5.62. The van der Waals surface area contributed by atoms with Gasteiger partial charge in [0.15, 0.2) is 0 Å². The highest BCUT2D eigenvalue weighted by Crippen LogP contribution is 2.09. The van der Waals surface area contributed by atoms with Crippen LogP contribution in [-0.4, -0.2) is 42.8 Å². The Morgan fingerprint density at radius 2 is 2.33 bits per heavy atom. The maximum absolute atomic E-state index is 11.9. The van der Waals surface area contributed by atoms with Gasteiger partial charge in [-0.2, -0.15) is 16.9 Å². The van der Waals surface area contributed by atoms with Crippen molar-refractivity contribution in [1.29, 1.82) is 0 Å². The number of sulfonamides is 1. The van der Waals surface area contributed by atoms with E-state index in [1.165, 1.54) is 12.4 Å². The van der Waals surface area contributed by atoms with Crippen LogP contribution in [0.2, 0.25) is 0 Å². The first-order chi connectivity index (χ1) is 8.49. The van der Waals surface area contributed by atoms with Gasteiger partial charge >= 0.3 is 0 Å². The summed E-state index contributed by atoms with van der Waals surface area (Å²) < 4.78 is 28.0. The SMILES string of the molecule is CSC(C)CNS(=O)(=O)c1cnn(CCCN)c1. The predicted octanol–water partition coefficient (Wildman–Crippen LogP) is 0.262. The van der Waals surface area contributed by atoms with Gasteiger partial charge in [-0.15, -0.1) is 0 Å². The lowest BCUT2D eigenvalue weighted by Crippen LogP contribution is -2.29. The van der Waals surface area contributed by atoms with E-state index in [0.29, 0.717) is 19.6 Å². The van der Waals surface area contributed by atoms with Crippen molar-refractivity contribution in [2.24, 2.45) is 5.73 Å². The molecule has 0 saturated carbocycles. The minimum absolute atomic E-state index is 0.202.